The Morgan fingerprint density at radius 1 is 0.500 bits per heavy atom. The smallest absolute Gasteiger partial charge is 0.122 e. The summed E-state index contributed by atoms with van der Waals surface area (Å²) in [6, 6.07) is 0. The average Bonchev–Trinajstić information content (AvgIpc) is 2.64. The van der Waals surface area contributed by atoms with Gasteiger partial charge in [0.2, 0.25) is 0 Å². The van der Waals surface area contributed by atoms with E-state index in [2.05, 4.69) is 0 Å². The number of aldehydes is 2. The number of rotatable bonds is 12. The molecule has 0 aromatic heterocycles. The number of nitrogens with two attached hydrogens (primary N) is 4. The fourth-order valence-corrected chi connectivity index (χ4v) is 1.28. The quantitative estimate of drug-likeness (QED) is 0.305. The van der Waals surface area contributed by atoms with Crippen LogP contribution in [0.3, 0.4) is 0 Å². The second-order valence-corrected chi connectivity index (χ2v) is 6.74. The highest BCUT2D eigenvalue weighted by Crippen LogP contribution is 1.96. The molecule has 0 aliphatic rings. The predicted octanol–water partition coefficient (Wildman–Crippen LogP) is 2.61. The van der Waals surface area contributed by atoms with Gasteiger partial charge < -0.3 is 32.5 Å². The van der Waals surface area contributed by atoms with Gasteiger partial charge in [-0.3, -0.25) is 0 Å². The van der Waals surface area contributed by atoms with E-state index in [0.717, 1.165) is 64.4 Å². The van der Waals surface area contributed by atoms with Crippen LogP contribution in [-0.2, 0) is 9.59 Å². The summed E-state index contributed by atoms with van der Waals surface area (Å²) in [5.74, 6) is 0.407. The van der Waals surface area contributed by atoms with Crippen molar-refractivity contribution in [2.45, 2.75) is 79.1 Å². The number of unbranched alkanes of at least 4 members (excludes halogenated alkanes) is 6. The van der Waals surface area contributed by atoms with E-state index in [-0.39, 0.29) is 11.8 Å². The highest BCUT2D eigenvalue weighted by molar-refractivity contribution is 5.52. The molecular formula is C20H48N4O2. The topological polar surface area (TPSA) is 138 Å². The third-order valence-electron chi connectivity index (χ3n) is 2.86. The summed E-state index contributed by atoms with van der Waals surface area (Å²) in [7, 11) is 0. The number of carbonyl (C=O) groups excluding carboxylic acids is 2. The predicted molar refractivity (Wildman–Crippen MR) is 115 cm³/mol. The van der Waals surface area contributed by atoms with Gasteiger partial charge in [-0.05, 0) is 51.9 Å². The van der Waals surface area contributed by atoms with Gasteiger partial charge in [-0.15, -0.1) is 0 Å². The molecule has 6 heteroatoms. The molecule has 0 fully saturated rings. The lowest BCUT2D eigenvalue weighted by Crippen LogP contribution is -2.00. The van der Waals surface area contributed by atoms with Gasteiger partial charge in [0.05, 0.1) is 0 Å². The number of hydrogen-bond acceptors (Lipinski definition) is 6. The molecule has 0 bridgehead atoms. The van der Waals surface area contributed by atoms with Crippen molar-refractivity contribution in [2.24, 2.45) is 34.8 Å². The van der Waals surface area contributed by atoms with E-state index in [4.69, 9.17) is 22.9 Å². The van der Waals surface area contributed by atoms with Crippen LogP contribution < -0.4 is 22.9 Å². The van der Waals surface area contributed by atoms with E-state index in [1.165, 1.54) is 25.7 Å². The molecular weight excluding hydrogens is 328 g/mol. The Morgan fingerprint density at radius 2 is 0.654 bits per heavy atom. The SMILES string of the molecule is CC(C)C=O.CC(C)C=O.NCCCCCCN.NCCCCCCN. The molecule has 160 valence electrons. The maximum Gasteiger partial charge on any atom is 0.122 e. The average molecular weight is 377 g/mol. The fourth-order valence-electron chi connectivity index (χ4n) is 1.28. The second kappa shape index (κ2) is 35.3. The van der Waals surface area contributed by atoms with Crippen LogP contribution in [0.2, 0.25) is 0 Å². The maximum absolute atomic E-state index is 9.50. The Balaban J connectivity index is -0.000000127. The summed E-state index contributed by atoms with van der Waals surface area (Å²) < 4.78 is 0. The Bertz CT molecular complexity index is 202. The highest BCUT2D eigenvalue weighted by Gasteiger charge is 1.84. The van der Waals surface area contributed by atoms with Crippen molar-refractivity contribution < 1.29 is 9.59 Å². The summed E-state index contributed by atoms with van der Waals surface area (Å²) in [6.07, 6.45) is 11.4. The molecule has 26 heavy (non-hydrogen) atoms. The molecule has 0 spiro atoms. The Morgan fingerprint density at radius 3 is 0.731 bits per heavy atom. The van der Waals surface area contributed by atoms with E-state index in [1.54, 1.807) is 0 Å². The summed E-state index contributed by atoms with van der Waals surface area (Å²) >= 11 is 0. The lowest BCUT2D eigenvalue weighted by Gasteiger charge is -1.94. The number of carbonyl (C=O) groups is 2. The molecule has 0 unspecified atom stereocenters. The summed E-state index contributed by atoms with van der Waals surface area (Å²) in [5.41, 5.74) is 21.1. The van der Waals surface area contributed by atoms with Crippen LogP contribution in [0.5, 0.6) is 0 Å². The second-order valence-electron chi connectivity index (χ2n) is 6.74. The molecule has 8 N–H and O–H groups in total. The number of hydrogen-bond donors (Lipinski definition) is 4. The van der Waals surface area contributed by atoms with Gasteiger partial charge in [-0.1, -0.05) is 53.4 Å². The Labute approximate surface area is 162 Å². The zero-order valence-corrected chi connectivity index (χ0v) is 17.9. The maximum atomic E-state index is 9.50. The van der Waals surface area contributed by atoms with E-state index in [0.29, 0.717) is 0 Å². The summed E-state index contributed by atoms with van der Waals surface area (Å²) in [4.78, 5) is 19.0. The monoisotopic (exact) mass is 376 g/mol. The summed E-state index contributed by atoms with van der Waals surface area (Å²) in [6.45, 7) is 10.7. The molecule has 0 radical (unpaired) electrons. The molecule has 0 rings (SSSR count). The minimum absolute atomic E-state index is 0.204. The van der Waals surface area contributed by atoms with Gasteiger partial charge >= 0.3 is 0 Å². The van der Waals surface area contributed by atoms with E-state index < -0.39 is 0 Å². The minimum atomic E-state index is 0.204. The van der Waals surface area contributed by atoms with Gasteiger partial charge in [0, 0.05) is 11.8 Å². The normalized spacial score (nSPS) is 9.31. The van der Waals surface area contributed by atoms with Crippen LogP contribution >= 0.6 is 0 Å². The zero-order valence-electron chi connectivity index (χ0n) is 17.9. The van der Waals surface area contributed by atoms with Crippen LogP contribution in [-0.4, -0.2) is 38.8 Å². The first-order chi connectivity index (χ1) is 12.4. The molecule has 0 aromatic rings. The van der Waals surface area contributed by atoms with Gasteiger partial charge in [0.25, 0.3) is 0 Å². The van der Waals surface area contributed by atoms with Crippen LogP contribution in [0.25, 0.3) is 0 Å². The zero-order chi connectivity index (χ0) is 21.1. The molecule has 0 aromatic carbocycles. The lowest BCUT2D eigenvalue weighted by atomic mass is 10.2. The first-order valence-electron chi connectivity index (χ1n) is 10.1. The van der Waals surface area contributed by atoms with Gasteiger partial charge in [0.1, 0.15) is 12.6 Å². The van der Waals surface area contributed by atoms with Crippen molar-refractivity contribution in [3.05, 3.63) is 0 Å². The molecule has 0 atom stereocenters. The van der Waals surface area contributed by atoms with Gasteiger partial charge in [-0.25, -0.2) is 0 Å². The third kappa shape index (κ3) is 65.6. The highest BCUT2D eigenvalue weighted by atomic mass is 16.1. The summed E-state index contributed by atoms with van der Waals surface area (Å²) in [5, 5.41) is 0. The first kappa shape index (κ1) is 32.8. The lowest BCUT2D eigenvalue weighted by molar-refractivity contribution is -0.110. The molecule has 0 saturated heterocycles. The van der Waals surface area contributed by atoms with Crippen molar-refractivity contribution in [3.63, 3.8) is 0 Å². The molecule has 0 aliphatic carbocycles. The standard InChI is InChI=1S/2C6H16N2.2C4H8O/c2*7-5-3-1-2-4-6-8;2*1-4(2)3-5/h2*1-8H2;2*3-4H,1-2H3. The van der Waals surface area contributed by atoms with Crippen molar-refractivity contribution in [1.82, 2.24) is 0 Å². The largest absolute Gasteiger partial charge is 0.330 e. The Kier molecular flexibility index (Phi) is 44.6. The minimum Gasteiger partial charge on any atom is -0.330 e. The van der Waals surface area contributed by atoms with Crippen molar-refractivity contribution in [1.29, 1.82) is 0 Å². The molecule has 0 heterocycles. The van der Waals surface area contributed by atoms with Crippen molar-refractivity contribution >= 4 is 12.6 Å². The van der Waals surface area contributed by atoms with Crippen molar-refractivity contribution in [2.75, 3.05) is 26.2 Å². The Hall–Kier alpha value is -0.820. The van der Waals surface area contributed by atoms with Gasteiger partial charge in [0.15, 0.2) is 0 Å². The van der Waals surface area contributed by atoms with E-state index in [1.807, 2.05) is 27.7 Å². The van der Waals surface area contributed by atoms with Crippen molar-refractivity contribution in [3.8, 4) is 0 Å². The molecule has 0 aliphatic heterocycles. The fraction of sp³-hybridized carbons (Fsp3) is 0.900. The van der Waals surface area contributed by atoms with E-state index in [9.17, 15) is 9.59 Å². The van der Waals surface area contributed by atoms with Crippen LogP contribution in [0.4, 0.5) is 0 Å². The first-order valence-corrected chi connectivity index (χ1v) is 10.1. The van der Waals surface area contributed by atoms with Crippen LogP contribution in [0.1, 0.15) is 79.1 Å². The molecule has 0 amide bonds. The van der Waals surface area contributed by atoms with Crippen LogP contribution in [0, 0.1) is 11.8 Å². The van der Waals surface area contributed by atoms with E-state index >= 15 is 0 Å². The third-order valence-corrected chi connectivity index (χ3v) is 2.86. The molecule has 0 saturated carbocycles. The van der Waals surface area contributed by atoms with Gasteiger partial charge in [-0.2, -0.15) is 0 Å². The van der Waals surface area contributed by atoms with Crippen LogP contribution in [0.15, 0.2) is 0 Å². The molecule has 6 nitrogen and oxygen atoms in total.